The van der Waals surface area contributed by atoms with E-state index in [-0.39, 0.29) is 0 Å². The van der Waals surface area contributed by atoms with Crippen molar-refractivity contribution >= 4 is 17.6 Å². The molecular weight excluding hydrogens is 270 g/mol. The Balaban J connectivity index is 2.15. The first-order chi connectivity index (χ1) is 9.72. The second-order valence-corrected chi connectivity index (χ2v) is 5.75. The molecule has 1 aliphatic heterocycles. The van der Waals surface area contributed by atoms with Gasteiger partial charge in [0.25, 0.3) is 0 Å². The minimum Gasteiger partial charge on any atom is -0.496 e. The van der Waals surface area contributed by atoms with Crippen molar-refractivity contribution in [1.82, 2.24) is 9.97 Å². The molecular formula is C15H17N3OS. The summed E-state index contributed by atoms with van der Waals surface area (Å²) in [6, 6.07) is 6.10. The van der Waals surface area contributed by atoms with Crippen LogP contribution >= 0.6 is 11.8 Å². The van der Waals surface area contributed by atoms with E-state index in [1.807, 2.05) is 37.9 Å². The van der Waals surface area contributed by atoms with Gasteiger partial charge in [-0.25, -0.2) is 9.97 Å². The fourth-order valence-electron chi connectivity index (χ4n) is 2.36. The normalized spacial score (nSPS) is 13.2. The number of fused-ring (bicyclic) bond motifs is 1. The number of anilines is 1. The van der Waals surface area contributed by atoms with E-state index >= 15 is 0 Å². The van der Waals surface area contributed by atoms with Crippen LogP contribution in [0.3, 0.4) is 0 Å². The molecule has 0 aliphatic carbocycles. The van der Waals surface area contributed by atoms with Crippen molar-refractivity contribution in [1.29, 1.82) is 0 Å². The fraction of sp³-hybridized carbons (Fsp3) is 0.333. The molecule has 20 heavy (non-hydrogen) atoms. The smallest absolute Gasteiger partial charge is 0.165 e. The zero-order chi connectivity index (χ0) is 14.1. The predicted molar refractivity (Wildman–Crippen MR) is 83.3 cm³/mol. The average Bonchev–Trinajstić information content (AvgIpc) is 2.94. The van der Waals surface area contributed by atoms with Crippen molar-refractivity contribution in [3.05, 3.63) is 35.0 Å². The maximum absolute atomic E-state index is 5.47. The molecule has 104 valence electrons. The number of thioether (sulfide) groups is 1. The molecule has 2 aromatic rings. The third-order valence-electron chi connectivity index (χ3n) is 3.41. The van der Waals surface area contributed by atoms with Crippen LogP contribution in [-0.2, 0) is 11.5 Å². The van der Waals surface area contributed by atoms with Crippen LogP contribution in [0, 0.1) is 6.92 Å². The second kappa shape index (κ2) is 5.32. The highest BCUT2D eigenvalue weighted by atomic mass is 32.2. The molecule has 0 atom stereocenters. The van der Waals surface area contributed by atoms with Crippen LogP contribution in [0.15, 0.2) is 18.2 Å². The highest BCUT2D eigenvalue weighted by Gasteiger charge is 2.20. The first-order valence-electron chi connectivity index (χ1n) is 6.53. The van der Waals surface area contributed by atoms with E-state index in [1.54, 1.807) is 7.11 Å². The number of aromatic nitrogens is 2. The van der Waals surface area contributed by atoms with Crippen molar-refractivity contribution in [2.24, 2.45) is 0 Å². The van der Waals surface area contributed by atoms with Gasteiger partial charge in [0.2, 0.25) is 0 Å². The zero-order valence-electron chi connectivity index (χ0n) is 11.9. The molecule has 1 N–H and O–H groups in total. The van der Waals surface area contributed by atoms with Crippen LogP contribution in [0.5, 0.6) is 5.75 Å². The first-order valence-corrected chi connectivity index (χ1v) is 7.68. The highest BCUT2D eigenvalue weighted by molar-refractivity contribution is 7.98. The van der Waals surface area contributed by atoms with E-state index in [9.17, 15) is 0 Å². The van der Waals surface area contributed by atoms with E-state index in [2.05, 4.69) is 16.4 Å². The lowest BCUT2D eigenvalue weighted by molar-refractivity contribution is 0.416. The Morgan fingerprint density at radius 2 is 2.10 bits per heavy atom. The van der Waals surface area contributed by atoms with Gasteiger partial charge < -0.3 is 10.1 Å². The summed E-state index contributed by atoms with van der Waals surface area (Å²) in [7, 11) is 3.59. The van der Waals surface area contributed by atoms with Gasteiger partial charge in [0, 0.05) is 24.1 Å². The summed E-state index contributed by atoms with van der Waals surface area (Å²) in [6.07, 6.45) is 0. The number of hydrogen-bond acceptors (Lipinski definition) is 5. The largest absolute Gasteiger partial charge is 0.496 e. The summed E-state index contributed by atoms with van der Waals surface area (Å²) in [5, 5.41) is 3.18. The maximum Gasteiger partial charge on any atom is 0.165 e. The molecule has 0 radical (unpaired) electrons. The lowest BCUT2D eigenvalue weighted by atomic mass is 10.1. The summed E-state index contributed by atoms with van der Waals surface area (Å²) >= 11 is 1.87. The summed E-state index contributed by atoms with van der Waals surface area (Å²) < 4.78 is 5.47. The van der Waals surface area contributed by atoms with Crippen LogP contribution in [-0.4, -0.2) is 24.1 Å². The van der Waals surface area contributed by atoms with Crippen LogP contribution in [0.1, 0.15) is 16.8 Å². The molecule has 4 nitrogen and oxygen atoms in total. The van der Waals surface area contributed by atoms with Gasteiger partial charge in [-0.2, -0.15) is 11.8 Å². The molecule has 1 aliphatic rings. The van der Waals surface area contributed by atoms with E-state index in [0.29, 0.717) is 0 Å². The summed E-state index contributed by atoms with van der Waals surface area (Å²) in [6.45, 7) is 2.05. The molecule has 5 heteroatoms. The maximum atomic E-state index is 5.47. The standard InChI is InChI=1S/C15H17N3OS/c1-9-4-5-10(13(6-9)19-3)15-17-12-8-20-7-11(12)14(16-2)18-15/h4-6H,7-8H2,1-3H3,(H,16,17,18). The Morgan fingerprint density at radius 1 is 1.25 bits per heavy atom. The van der Waals surface area contributed by atoms with E-state index in [1.165, 1.54) is 5.56 Å². The van der Waals surface area contributed by atoms with Crippen LogP contribution in [0.4, 0.5) is 5.82 Å². The molecule has 0 spiro atoms. The minimum atomic E-state index is 0.729. The lowest BCUT2D eigenvalue weighted by Crippen LogP contribution is -2.04. The van der Waals surface area contributed by atoms with Crippen molar-refractivity contribution in [2.45, 2.75) is 18.4 Å². The van der Waals surface area contributed by atoms with E-state index in [4.69, 9.17) is 9.72 Å². The number of aryl methyl sites for hydroxylation is 1. The molecule has 2 heterocycles. The van der Waals surface area contributed by atoms with Gasteiger partial charge in [0.1, 0.15) is 11.6 Å². The van der Waals surface area contributed by atoms with Gasteiger partial charge in [0.05, 0.1) is 18.4 Å². The van der Waals surface area contributed by atoms with Crippen molar-refractivity contribution in [3.8, 4) is 17.1 Å². The Hall–Kier alpha value is -1.75. The number of rotatable bonds is 3. The Labute approximate surface area is 123 Å². The molecule has 0 fully saturated rings. The van der Waals surface area contributed by atoms with Crippen molar-refractivity contribution in [3.63, 3.8) is 0 Å². The monoisotopic (exact) mass is 287 g/mol. The summed E-state index contributed by atoms with van der Waals surface area (Å²) in [4.78, 5) is 9.37. The predicted octanol–water partition coefficient (Wildman–Crippen LogP) is 3.25. The van der Waals surface area contributed by atoms with Crippen LogP contribution in [0.25, 0.3) is 11.4 Å². The molecule has 0 bridgehead atoms. The van der Waals surface area contributed by atoms with Gasteiger partial charge in [-0.3, -0.25) is 0 Å². The summed E-state index contributed by atoms with van der Waals surface area (Å²) in [5.41, 5.74) is 4.46. The van der Waals surface area contributed by atoms with E-state index < -0.39 is 0 Å². The number of ether oxygens (including phenoxy) is 1. The van der Waals surface area contributed by atoms with Crippen molar-refractivity contribution in [2.75, 3.05) is 19.5 Å². The Morgan fingerprint density at radius 3 is 2.85 bits per heavy atom. The summed E-state index contributed by atoms with van der Waals surface area (Å²) in [5.74, 6) is 4.41. The molecule has 0 amide bonds. The number of nitrogens with one attached hydrogen (secondary N) is 1. The zero-order valence-corrected chi connectivity index (χ0v) is 12.7. The minimum absolute atomic E-state index is 0.729. The SMILES string of the molecule is CNc1nc(-c2ccc(C)cc2OC)nc2c1CSC2. The second-order valence-electron chi connectivity index (χ2n) is 4.77. The first kappa shape index (κ1) is 13.2. The van der Waals surface area contributed by atoms with Gasteiger partial charge in [-0.15, -0.1) is 0 Å². The number of hydrogen-bond donors (Lipinski definition) is 1. The Bertz CT molecular complexity index is 658. The molecule has 0 saturated carbocycles. The number of methoxy groups -OCH3 is 1. The number of nitrogens with zero attached hydrogens (tertiary/aromatic N) is 2. The molecule has 1 aromatic heterocycles. The fourth-order valence-corrected chi connectivity index (χ4v) is 3.40. The molecule has 0 saturated heterocycles. The van der Waals surface area contributed by atoms with Gasteiger partial charge >= 0.3 is 0 Å². The topological polar surface area (TPSA) is 47.0 Å². The van der Waals surface area contributed by atoms with Gasteiger partial charge in [-0.1, -0.05) is 6.07 Å². The van der Waals surface area contributed by atoms with E-state index in [0.717, 1.165) is 45.7 Å². The molecule has 0 unspecified atom stereocenters. The Kier molecular flexibility index (Phi) is 3.53. The molecule has 1 aromatic carbocycles. The average molecular weight is 287 g/mol. The quantitative estimate of drug-likeness (QED) is 0.939. The van der Waals surface area contributed by atoms with Crippen LogP contribution < -0.4 is 10.1 Å². The third kappa shape index (κ3) is 2.22. The van der Waals surface area contributed by atoms with Gasteiger partial charge in [-0.05, 0) is 24.6 Å². The lowest BCUT2D eigenvalue weighted by Gasteiger charge is -2.12. The highest BCUT2D eigenvalue weighted by Crippen LogP contribution is 2.36. The number of benzene rings is 1. The van der Waals surface area contributed by atoms with Crippen LogP contribution in [0.2, 0.25) is 0 Å². The molecule has 3 rings (SSSR count). The van der Waals surface area contributed by atoms with Gasteiger partial charge in [0.15, 0.2) is 5.82 Å². The van der Waals surface area contributed by atoms with Crippen molar-refractivity contribution < 1.29 is 4.74 Å². The third-order valence-corrected chi connectivity index (χ3v) is 4.38.